The van der Waals surface area contributed by atoms with Crippen LogP contribution in [0.15, 0.2) is 36.2 Å². The minimum atomic E-state index is -1.04. The van der Waals surface area contributed by atoms with Crippen molar-refractivity contribution in [1.82, 2.24) is 25.5 Å². The van der Waals surface area contributed by atoms with Crippen molar-refractivity contribution in [1.29, 1.82) is 0 Å². The summed E-state index contributed by atoms with van der Waals surface area (Å²) in [5.74, 6) is 0.143. The topological polar surface area (TPSA) is 123 Å². The fraction of sp³-hybridized carbons (Fsp3) is 0.486. The number of benzene rings is 2. The molecule has 4 fully saturated rings. The van der Waals surface area contributed by atoms with Crippen molar-refractivity contribution in [3.8, 4) is 11.8 Å². The van der Waals surface area contributed by atoms with E-state index in [0.29, 0.717) is 82.6 Å². The van der Waals surface area contributed by atoms with Crippen LogP contribution in [-0.2, 0) is 24.2 Å². The van der Waals surface area contributed by atoms with E-state index in [1.54, 1.807) is 18.2 Å². The van der Waals surface area contributed by atoms with Crippen LogP contribution in [0.1, 0.15) is 55.8 Å². The number of aromatic nitrogens is 2. The largest absolute Gasteiger partial charge is 0.508 e. The van der Waals surface area contributed by atoms with Gasteiger partial charge in [0.2, 0.25) is 0 Å². The number of phenolic OH excluding ortho intramolecular Hbond substituents is 1. The molecule has 5 aliphatic rings. The molecule has 8 rings (SSSR count). The second-order valence-electron chi connectivity index (χ2n) is 13.9. The molecule has 2 atom stereocenters. The number of piperidine rings is 1. The van der Waals surface area contributed by atoms with Gasteiger partial charge < -0.3 is 25.0 Å². The number of hydrogen-bond acceptors (Lipinski definition) is 9. The van der Waals surface area contributed by atoms with Crippen LogP contribution < -0.4 is 25.2 Å². The van der Waals surface area contributed by atoms with E-state index >= 15 is 4.39 Å². The number of halogens is 2. The predicted molar refractivity (Wildman–Crippen MR) is 175 cm³/mol. The molecule has 6 heterocycles. The lowest BCUT2D eigenvalue weighted by Crippen LogP contribution is -2.59. The molecule has 0 unspecified atom stereocenters. The number of amides is 3. The Labute approximate surface area is 276 Å². The van der Waals surface area contributed by atoms with Crippen molar-refractivity contribution < 1.29 is 28.2 Å². The standard InChI is InChI=1S/C35H39F2N7O4/c1-2-24-26(37)6-5-22-13-23(45)14-28(29(22)24)42-12-7-25-27(18-42)38-33(48-20-34-8-3-11-44(34)17-21(15-34)16-36)39-30(25)43-10-4-9-35(19-43)31(46)40-32(47)41-35/h5-6,13-14,16,45H,2-4,7-12,15,17-20H2,1H3,(H2,40,41,46,47)/b21-16-/t34-,35+/m0/s1. The molecule has 13 heteroatoms. The van der Waals surface area contributed by atoms with E-state index in [4.69, 9.17) is 14.7 Å². The number of rotatable bonds is 6. The molecule has 48 heavy (non-hydrogen) atoms. The van der Waals surface area contributed by atoms with E-state index < -0.39 is 11.6 Å². The molecule has 0 aliphatic carbocycles. The van der Waals surface area contributed by atoms with Gasteiger partial charge in [-0.2, -0.15) is 9.97 Å². The number of anilines is 2. The Morgan fingerprint density at radius 3 is 2.73 bits per heavy atom. The van der Waals surface area contributed by atoms with Crippen LogP contribution in [0, 0.1) is 5.82 Å². The van der Waals surface area contributed by atoms with Crippen molar-refractivity contribution in [2.75, 3.05) is 49.1 Å². The summed E-state index contributed by atoms with van der Waals surface area (Å²) in [6, 6.07) is 6.18. The minimum absolute atomic E-state index is 0.0958. The van der Waals surface area contributed by atoms with E-state index in [1.165, 1.54) is 6.07 Å². The first-order valence-electron chi connectivity index (χ1n) is 16.8. The van der Waals surface area contributed by atoms with Crippen LogP contribution in [0.25, 0.3) is 10.8 Å². The first kappa shape index (κ1) is 30.8. The first-order valence-corrected chi connectivity index (χ1v) is 16.8. The van der Waals surface area contributed by atoms with Crippen molar-refractivity contribution in [3.63, 3.8) is 0 Å². The Kier molecular flexibility index (Phi) is 7.42. The molecular weight excluding hydrogens is 620 g/mol. The van der Waals surface area contributed by atoms with Crippen LogP contribution in [0.5, 0.6) is 11.8 Å². The maximum absolute atomic E-state index is 15.0. The van der Waals surface area contributed by atoms with Gasteiger partial charge in [-0.05, 0) is 80.1 Å². The fourth-order valence-electron chi connectivity index (χ4n) is 8.70. The smallest absolute Gasteiger partial charge is 0.322 e. The summed E-state index contributed by atoms with van der Waals surface area (Å²) in [4.78, 5) is 41.4. The van der Waals surface area contributed by atoms with Gasteiger partial charge in [0.1, 0.15) is 29.5 Å². The molecule has 0 bridgehead atoms. The van der Waals surface area contributed by atoms with E-state index in [2.05, 4.69) is 20.4 Å². The monoisotopic (exact) mass is 659 g/mol. The van der Waals surface area contributed by atoms with Crippen LogP contribution in [0.2, 0.25) is 0 Å². The van der Waals surface area contributed by atoms with Gasteiger partial charge in [0.05, 0.1) is 30.7 Å². The molecule has 2 aromatic carbocycles. The average molecular weight is 660 g/mol. The number of nitrogens with one attached hydrogen (secondary N) is 2. The summed E-state index contributed by atoms with van der Waals surface area (Å²) in [6.45, 7) is 5.52. The number of imide groups is 1. The maximum Gasteiger partial charge on any atom is 0.322 e. The lowest BCUT2D eigenvalue weighted by Gasteiger charge is -2.40. The number of fused-ring (bicyclic) bond motifs is 3. The summed E-state index contributed by atoms with van der Waals surface area (Å²) in [5.41, 5.74) is 2.39. The zero-order valence-electron chi connectivity index (χ0n) is 27.0. The van der Waals surface area contributed by atoms with Gasteiger partial charge in [-0.1, -0.05) is 13.0 Å². The van der Waals surface area contributed by atoms with Crippen molar-refractivity contribution in [2.45, 2.75) is 69.5 Å². The normalized spacial score (nSPS) is 26.4. The molecule has 3 amide bonds. The first-order chi connectivity index (χ1) is 23.2. The van der Waals surface area contributed by atoms with Gasteiger partial charge in [0.15, 0.2) is 0 Å². The molecule has 3 aromatic rings. The highest BCUT2D eigenvalue weighted by Crippen LogP contribution is 2.43. The third-order valence-electron chi connectivity index (χ3n) is 11.0. The van der Waals surface area contributed by atoms with E-state index in [1.807, 2.05) is 11.8 Å². The van der Waals surface area contributed by atoms with Crippen LogP contribution >= 0.6 is 0 Å². The third-order valence-corrected chi connectivity index (χ3v) is 11.0. The maximum atomic E-state index is 15.0. The molecule has 1 spiro atoms. The summed E-state index contributed by atoms with van der Waals surface area (Å²) in [6.07, 6.45) is 5.46. The summed E-state index contributed by atoms with van der Waals surface area (Å²) >= 11 is 0. The molecule has 1 aromatic heterocycles. The Morgan fingerprint density at radius 2 is 1.94 bits per heavy atom. The second-order valence-corrected chi connectivity index (χ2v) is 13.9. The molecule has 0 radical (unpaired) electrons. The van der Waals surface area contributed by atoms with Gasteiger partial charge in [0.25, 0.3) is 5.91 Å². The Morgan fingerprint density at radius 1 is 1.08 bits per heavy atom. The predicted octanol–water partition coefficient (Wildman–Crippen LogP) is 4.25. The number of hydrogen-bond donors (Lipinski definition) is 3. The van der Waals surface area contributed by atoms with Gasteiger partial charge in [-0.25, -0.2) is 13.6 Å². The van der Waals surface area contributed by atoms with Gasteiger partial charge in [0, 0.05) is 42.3 Å². The summed E-state index contributed by atoms with van der Waals surface area (Å²) in [5, 5.41) is 17.5. The minimum Gasteiger partial charge on any atom is -0.508 e. The highest BCUT2D eigenvalue weighted by molar-refractivity contribution is 6.07. The number of phenols is 1. The highest BCUT2D eigenvalue weighted by Gasteiger charge is 2.50. The van der Waals surface area contributed by atoms with Crippen LogP contribution in [0.3, 0.4) is 0 Å². The lowest BCUT2D eigenvalue weighted by molar-refractivity contribution is -0.124. The van der Waals surface area contributed by atoms with E-state index in [-0.39, 0.29) is 35.6 Å². The molecule has 4 saturated heterocycles. The zero-order chi connectivity index (χ0) is 33.2. The number of carbonyl (C=O) groups excluding carboxylic acids is 2. The Hall–Kier alpha value is -4.52. The fourth-order valence-corrected chi connectivity index (χ4v) is 8.70. The molecule has 0 saturated carbocycles. The van der Waals surface area contributed by atoms with Gasteiger partial charge in [-0.3, -0.25) is 15.0 Å². The van der Waals surface area contributed by atoms with E-state index in [9.17, 15) is 19.1 Å². The zero-order valence-corrected chi connectivity index (χ0v) is 27.0. The van der Waals surface area contributed by atoms with Gasteiger partial charge >= 0.3 is 12.0 Å². The Balaban J connectivity index is 1.17. The number of nitrogens with zero attached hydrogens (tertiary/aromatic N) is 5. The third kappa shape index (κ3) is 5.01. The summed E-state index contributed by atoms with van der Waals surface area (Å²) in [7, 11) is 0. The molecular formula is C35H39F2N7O4. The van der Waals surface area contributed by atoms with Crippen molar-refractivity contribution in [2.24, 2.45) is 0 Å². The number of urea groups is 1. The average Bonchev–Trinajstić information content (AvgIpc) is 3.72. The van der Waals surface area contributed by atoms with Crippen molar-refractivity contribution >= 4 is 34.2 Å². The van der Waals surface area contributed by atoms with Gasteiger partial charge in [-0.15, -0.1) is 0 Å². The number of carbonyl (C=O) groups is 2. The lowest BCUT2D eigenvalue weighted by atomic mass is 9.88. The molecule has 5 aliphatic heterocycles. The number of aryl methyl sites for hydroxylation is 1. The van der Waals surface area contributed by atoms with Crippen molar-refractivity contribution in [3.05, 3.63) is 58.8 Å². The molecule has 252 valence electrons. The molecule has 3 N–H and O–H groups in total. The number of ether oxygens (including phenoxy) is 1. The summed E-state index contributed by atoms with van der Waals surface area (Å²) < 4.78 is 35.0. The van der Waals surface area contributed by atoms with Crippen LogP contribution in [-0.4, -0.2) is 82.3 Å². The number of aromatic hydroxyl groups is 1. The van der Waals surface area contributed by atoms with Crippen LogP contribution in [0.4, 0.5) is 25.1 Å². The SMILES string of the molecule is CCc1c(F)ccc2cc(O)cc(N3CCc4c(nc(OC[C@@]56CCCN5C/C(=C\F)C6)nc4N4CCC[C@]5(C4)NC(=O)NC5=O)C3)c12. The Bertz CT molecular complexity index is 1870. The second kappa shape index (κ2) is 11.6. The molecule has 11 nitrogen and oxygen atoms in total. The quantitative estimate of drug-likeness (QED) is 0.334. The van der Waals surface area contributed by atoms with E-state index in [0.717, 1.165) is 52.7 Å². The highest BCUT2D eigenvalue weighted by atomic mass is 19.1.